The number of nitrogens with two attached hydrogens (primary N) is 1. The van der Waals surface area contributed by atoms with Crippen LogP contribution in [0, 0.1) is 6.92 Å². The van der Waals surface area contributed by atoms with Crippen LogP contribution in [0.15, 0.2) is 34.9 Å². The van der Waals surface area contributed by atoms with Crippen molar-refractivity contribution < 1.29 is 4.42 Å². The summed E-state index contributed by atoms with van der Waals surface area (Å²) in [5.74, 6) is 1.37. The molecule has 0 saturated heterocycles. The minimum Gasteiger partial charge on any atom is -0.441 e. The fourth-order valence-electron chi connectivity index (χ4n) is 1.17. The maximum atomic E-state index is 5.76. The summed E-state index contributed by atoms with van der Waals surface area (Å²) in [6.07, 6.45) is 1.68. The van der Waals surface area contributed by atoms with Gasteiger partial charge in [-0.3, -0.25) is 0 Å². The predicted molar refractivity (Wildman–Crippen MR) is 51.1 cm³/mol. The Balaban J connectivity index is 2.52. The lowest BCUT2D eigenvalue weighted by atomic mass is 10.2. The van der Waals surface area contributed by atoms with Crippen molar-refractivity contribution in [2.24, 2.45) is 0 Å². The van der Waals surface area contributed by atoms with Crippen LogP contribution in [0.3, 0.4) is 0 Å². The van der Waals surface area contributed by atoms with Crippen molar-refractivity contribution in [2.75, 3.05) is 5.73 Å². The zero-order valence-electron chi connectivity index (χ0n) is 7.32. The molecule has 1 heterocycles. The minimum absolute atomic E-state index is 0.579. The van der Waals surface area contributed by atoms with Crippen molar-refractivity contribution in [1.29, 1.82) is 0 Å². The Hall–Kier alpha value is -1.77. The SMILES string of the molecule is Cc1cnc(-c2ccccc2N)o1. The van der Waals surface area contributed by atoms with Gasteiger partial charge in [0.15, 0.2) is 0 Å². The van der Waals surface area contributed by atoms with Crippen LogP contribution in [-0.4, -0.2) is 4.98 Å². The highest BCUT2D eigenvalue weighted by molar-refractivity contribution is 5.69. The van der Waals surface area contributed by atoms with Gasteiger partial charge in [-0.05, 0) is 19.1 Å². The molecule has 0 fully saturated rings. The maximum Gasteiger partial charge on any atom is 0.228 e. The number of nitrogens with zero attached hydrogens (tertiary/aromatic N) is 1. The van der Waals surface area contributed by atoms with Crippen molar-refractivity contribution in [1.82, 2.24) is 4.98 Å². The largest absolute Gasteiger partial charge is 0.441 e. The fraction of sp³-hybridized carbons (Fsp3) is 0.100. The summed E-state index contributed by atoms with van der Waals surface area (Å²) in [5.41, 5.74) is 7.29. The molecule has 0 aliphatic rings. The topological polar surface area (TPSA) is 52.0 Å². The average molecular weight is 174 g/mol. The Morgan fingerprint density at radius 1 is 1.31 bits per heavy atom. The molecule has 2 aromatic rings. The Kier molecular flexibility index (Phi) is 1.77. The van der Waals surface area contributed by atoms with Crippen molar-refractivity contribution >= 4 is 5.69 Å². The maximum absolute atomic E-state index is 5.76. The summed E-state index contributed by atoms with van der Waals surface area (Å²) in [4.78, 5) is 4.10. The number of anilines is 1. The van der Waals surface area contributed by atoms with Crippen LogP contribution in [0.2, 0.25) is 0 Å². The fourth-order valence-corrected chi connectivity index (χ4v) is 1.17. The van der Waals surface area contributed by atoms with Gasteiger partial charge in [0.25, 0.3) is 0 Å². The van der Waals surface area contributed by atoms with Gasteiger partial charge in [0.05, 0.1) is 11.8 Å². The van der Waals surface area contributed by atoms with E-state index < -0.39 is 0 Å². The number of aromatic nitrogens is 1. The zero-order valence-corrected chi connectivity index (χ0v) is 7.32. The highest BCUT2D eigenvalue weighted by Crippen LogP contribution is 2.24. The molecule has 13 heavy (non-hydrogen) atoms. The van der Waals surface area contributed by atoms with Crippen molar-refractivity contribution in [2.45, 2.75) is 6.92 Å². The molecule has 2 N–H and O–H groups in total. The van der Waals surface area contributed by atoms with Gasteiger partial charge in [0, 0.05) is 5.69 Å². The summed E-state index contributed by atoms with van der Waals surface area (Å²) < 4.78 is 5.36. The van der Waals surface area contributed by atoms with E-state index in [0.29, 0.717) is 11.6 Å². The van der Waals surface area contributed by atoms with E-state index in [1.165, 1.54) is 0 Å². The second kappa shape index (κ2) is 2.94. The lowest BCUT2D eigenvalue weighted by Crippen LogP contribution is -1.88. The van der Waals surface area contributed by atoms with E-state index in [1.54, 1.807) is 6.20 Å². The number of nitrogen functional groups attached to an aromatic ring is 1. The van der Waals surface area contributed by atoms with Crippen LogP contribution in [0.5, 0.6) is 0 Å². The second-order valence-corrected chi connectivity index (χ2v) is 2.86. The molecular weight excluding hydrogens is 164 g/mol. The van der Waals surface area contributed by atoms with Crippen LogP contribution in [0.25, 0.3) is 11.5 Å². The number of oxazole rings is 1. The van der Waals surface area contributed by atoms with Gasteiger partial charge in [0.2, 0.25) is 5.89 Å². The first kappa shape index (κ1) is 7.86. The van der Waals surface area contributed by atoms with E-state index in [-0.39, 0.29) is 0 Å². The highest BCUT2D eigenvalue weighted by Gasteiger charge is 2.06. The van der Waals surface area contributed by atoms with Crippen molar-refractivity contribution in [3.63, 3.8) is 0 Å². The summed E-state index contributed by atoms with van der Waals surface area (Å²) in [5, 5.41) is 0. The molecule has 0 radical (unpaired) electrons. The molecule has 66 valence electrons. The van der Waals surface area contributed by atoms with Crippen LogP contribution in [0.1, 0.15) is 5.76 Å². The molecule has 0 spiro atoms. The zero-order chi connectivity index (χ0) is 9.26. The van der Waals surface area contributed by atoms with Crippen LogP contribution in [-0.2, 0) is 0 Å². The number of benzene rings is 1. The summed E-state index contributed by atoms with van der Waals surface area (Å²) >= 11 is 0. The Bertz CT molecular complexity index is 420. The minimum atomic E-state index is 0.579. The molecule has 0 amide bonds. The number of hydrogen-bond donors (Lipinski definition) is 1. The van der Waals surface area contributed by atoms with Crippen molar-refractivity contribution in [3.8, 4) is 11.5 Å². The van der Waals surface area contributed by atoms with Crippen LogP contribution >= 0.6 is 0 Å². The highest BCUT2D eigenvalue weighted by atomic mass is 16.4. The summed E-state index contributed by atoms with van der Waals surface area (Å²) in [6.45, 7) is 1.86. The smallest absolute Gasteiger partial charge is 0.228 e. The number of aryl methyl sites for hydroxylation is 1. The molecule has 0 atom stereocenters. The molecule has 0 saturated carbocycles. The first-order valence-corrected chi connectivity index (χ1v) is 4.04. The third kappa shape index (κ3) is 1.40. The van der Waals surface area contributed by atoms with Gasteiger partial charge >= 0.3 is 0 Å². The molecule has 3 heteroatoms. The lowest BCUT2D eigenvalue weighted by Gasteiger charge is -1.98. The normalized spacial score (nSPS) is 10.2. The molecule has 0 aliphatic carbocycles. The molecule has 0 aliphatic heterocycles. The van der Waals surface area contributed by atoms with E-state index in [0.717, 1.165) is 11.3 Å². The quantitative estimate of drug-likeness (QED) is 0.674. The van der Waals surface area contributed by atoms with Gasteiger partial charge in [-0.15, -0.1) is 0 Å². The standard InChI is InChI=1S/C10H10N2O/c1-7-6-12-10(13-7)8-4-2-3-5-9(8)11/h2-6H,11H2,1H3. The first-order valence-electron chi connectivity index (χ1n) is 4.04. The predicted octanol–water partition coefficient (Wildman–Crippen LogP) is 2.23. The van der Waals surface area contributed by atoms with E-state index in [4.69, 9.17) is 10.2 Å². The number of rotatable bonds is 1. The van der Waals surface area contributed by atoms with Gasteiger partial charge in [-0.1, -0.05) is 12.1 Å². The van der Waals surface area contributed by atoms with E-state index in [2.05, 4.69) is 4.98 Å². The second-order valence-electron chi connectivity index (χ2n) is 2.86. The molecule has 1 aromatic carbocycles. The number of para-hydroxylation sites is 1. The third-order valence-electron chi connectivity index (χ3n) is 1.81. The van der Waals surface area contributed by atoms with E-state index in [9.17, 15) is 0 Å². The summed E-state index contributed by atoms with van der Waals surface area (Å²) in [6, 6.07) is 7.51. The van der Waals surface area contributed by atoms with Crippen molar-refractivity contribution in [3.05, 3.63) is 36.2 Å². The van der Waals surface area contributed by atoms with Gasteiger partial charge in [-0.2, -0.15) is 0 Å². The lowest BCUT2D eigenvalue weighted by molar-refractivity contribution is 0.543. The van der Waals surface area contributed by atoms with Gasteiger partial charge in [-0.25, -0.2) is 4.98 Å². The molecule has 0 unspecified atom stereocenters. The molecule has 1 aromatic heterocycles. The van der Waals surface area contributed by atoms with Gasteiger partial charge in [0.1, 0.15) is 5.76 Å². The first-order chi connectivity index (χ1) is 6.27. The van der Waals surface area contributed by atoms with Crippen LogP contribution in [0.4, 0.5) is 5.69 Å². The Labute approximate surface area is 76.2 Å². The molecular formula is C10H10N2O. The van der Waals surface area contributed by atoms with Gasteiger partial charge < -0.3 is 10.2 Å². The molecule has 2 rings (SSSR count). The monoisotopic (exact) mass is 174 g/mol. The summed E-state index contributed by atoms with van der Waals surface area (Å²) in [7, 11) is 0. The Morgan fingerprint density at radius 2 is 2.08 bits per heavy atom. The van der Waals surface area contributed by atoms with E-state index in [1.807, 2.05) is 31.2 Å². The third-order valence-corrected chi connectivity index (χ3v) is 1.81. The molecule has 3 nitrogen and oxygen atoms in total. The van der Waals surface area contributed by atoms with Crippen LogP contribution < -0.4 is 5.73 Å². The molecule has 0 bridgehead atoms. The number of hydrogen-bond acceptors (Lipinski definition) is 3. The van der Waals surface area contributed by atoms with E-state index >= 15 is 0 Å². The average Bonchev–Trinajstić information content (AvgIpc) is 2.53. The Morgan fingerprint density at radius 3 is 2.69 bits per heavy atom.